The topological polar surface area (TPSA) is 52.0 Å². The average Bonchev–Trinajstić information content (AvgIpc) is 2.58. The van der Waals surface area contributed by atoms with E-state index in [-0.39, 0.29) is 16.6 Å². The largest absolute Gasteiger partial charge is 0.293 e. The molecule has 3 aromatic rings. The van der Waals surface area contributed by atoms with Crippen LogP contribution in [0.25, 0.3) is 10.9 Å². The molecule has 0 N–H and O–H groups in total. The summed E-state index contributed by atoms with van der Waals surface area (Å²) in [4.78, 5) is 29.5. The molecule has 1 heterocycles. The Kier molecular flexibility index (Phi) is 4.73. The van der Waals surface area contributed by atoms with Crippen molar-refractivity contribution in [3.63, 3.8) is 0 Å². The van der Waals surface area contributed by atoms with Crippen molar-refractivity contribution in [1.82, 2.24) is 9.55 Å². The number of carbonyl (C=O) groups excluding carboxylic acids is 1. The highest BCUT2D eigenvalue weighted by Crippen LogP contribution is 2.25. The molecule has 0 saturated carbocycles. The highest BCUT2D eigenvalue weighted by molar-refractivity contribution is 8.00. The van der Waals surface area contributed by atoms with Gasteiger partial charge in [0, 0.05) is 17.6 Å². The van der Waals surface area contributed by atoms with Gasteiger partial charge in [-0.15, -0.1) is 0 Å². The van der Waals surface area contributed by atoms with Crippen molar-refractivity contribution in [2.24, 2.45) is 7.05 Å². The lowest BCUT2D eigenvalue weighted by molar-refractivity contribution is 0.0994. The highest BCUT2D eigenvalue weighted by atomic mass is 35.5. The van der Waals surface area contributed by atoms with Crippen LogP contribution in [0.4, 0.5) is 0 Å². The first-order valence-electron chi connectivity index (χ1n) is 7.39. The van der Waals surface area contributed by atoms with Gasteiger partial charge in [0.15, 0.2) is 10.9 Å². The van der Waals surface area contributed by atoms with Crippen LogP contribution >= 0.6 is 23.4 Å². The Labute approximate surface area is 148 Å². The molecule has 3 rings (SSSR count). The minimum atomic E-state index is -0.386. The minimum absolute atomic E-state index is 0.0510. The number of thioether (sulfide) groups is 1. The van der Waals surface area contributed by atoms with E-state index < -0.39 is 0 Å². The zero-order valence-corrected chi connectivity index (χ0v) is 14.8. The lowest BCUT2D eigenvalue weighted by Gasteiger charge is -2.13. The van der Waals surface area contributed by atoms with Gasteiger partial charge >= 0.3 is 0 Å². The molecule has 0 fully saturated rings. The smallest absolute Gasteiger partial charge is 0.261 e. The Hall–Kier alpha value is -2.11. The zero-order chi connectivity index (χ0) is 17.3. The average molecular weight is 359 g/mol. The van der Waals surface area contributed by atoms with Crippen LogP contribution in [0, 0.1) is 0 Å². The number of ketones is 1. The number of nitrogens with zero attached hydrogens (tertiary/aromatic N) is 2. The summed E-state index contributed by atoms with van der Waals surface area (Å²) in [6, 6.07) is 14.0. The Morgan fingerprint density at radius 2 is 1.96 bits per heavy atom. The predicted octanol–water partition coefficient (Wildman–Crippen LogP) is 3.95. The van der Waals surface area contributed by atoms with Gasteiger partial charge in [0.05, 0.1) is 16.2 Å². The third-order valence-electron chi connectivity index (χ3n) is 3.70. The van der Waals surface area contributed by atoms with E-state index in [1.165, 1.54) is 16.3 Å². The zero-order valence-electron chi connectivity index (χ0n) is 13.2. The Morgan fingerprint density at radius 1 is 1.21 bits per heavy atom. The summed E-state index contributed by atoms with van der Waals surface area (Å²) in [5.74, 6) is -0.0510. The molecule has 0 radical (unpaired) electrons. The van der Waals surface area contributed by atoms with Crippen molar-refractivity contribution in [1.29, 1.82) is 0 Å². The van der Waals surface area contributed by atoms with Gasteiger partial charge in [-0.2, -0.15) is 0 Å². The fourth-order valence-electron chi connectivity index (χ4n) is 2.39. The second-order valence-corrected chi connectivity index (χ2v) is 7.15. The molecule has 2 aromatic carbocycles. The van der Waals surface area contributed by atoms with Crippen LogP contribution in [0.1, 0.15) is 17.3 Å². The Bertz CT molecular complexity index is 984. The van der Waals surface area contributed by atoms with Gasteiger partial charge in [-0.25, -0.2) is 4.98 Å². The van der Waals surface area contributed by atoms with Gasteiger partial charge in [0.25, 0.3) is 5.56 Å². The van der Waals surface area contributed by atoms with Gasteiger partial charge in [0.1, 0.15) is 0 Å². The van der Waals surface area contributed by atoms with Crippen molar-refractivity contribution in [2.75, 3.05) is 0 Å². The number of hydrogen-bond acceptors (Lipinski definition) is 4. The van der Waals surface area contributed by atoms with Crippen molar-refractivity contribution >= 4 is 40.0 Å². The number of halogens is 1. The lowest BCUT2D eigenvalue weighted by Crippen LogP contribution is -2.22. The minimum Gasteiger partial charge on any atom is -0.293 e. The van der Waals surface area contributed by atoms with Crippen LogP contribution in [0.3, 0.4) is 0 Å². The first kappa shape index (κ1) is 16.7. The standard InChI is InChI=1S/C18H15ClN2O2S/c1-11(16(22)12-6-5-7-13(19)10-12)24-18-20-15-9-4-3-8-14(15)17(23)21(18)2/h3-11H,1-2H3. The number of rotatable bonds is 4. The molecule has 0 aliphatic heterocycles. The van der Waals surface area contributed by atoms with Gasteiger partial charge in [-0.3, -0.25) is 14.2 Å². The molecule has 4 nitrogen and oxygen atoms in total. The Morgan fingerprint density at radius 3 is 2.71 bits per heavy atom. The number of Topliss-reactive ketones (excluding diaryl/α,β-unsaturated/α-hetero) is 1. The second-order valence-electron chi connectivity index (χ2n) is 5.41. The summed E-state index contributed by atoms with van der Waals surface area (Å²) in [5.41, 5.74) is 1.06. The number of fused-ring (bicyclic) bond motifs is 1. The molecule has 1 atom stereocenters. The van der Waals surface area contributed by atoms with E-state index in [1.807, 2.05) is 12.1 Å². The molecule has 24 heavy (non-hydrogen) atoms. The third kappa shape index (κ3) is 3.23. The molecule has 1 unspecified atom stereocenters. The van der Waals surface area contributed by atoms with Crippen molar-refractivity contribution in [2.45, 2.75) is 17.3 Å². The summed E-state index contributed by atoms with van der Waals surface area (Å²) in [6.07, 6.45) is 0. The molecule has 6 heteroatoms. The summed E-state index contributed by atoms with van der Waals surface area (Å²) >= 11 is 7.22. The SMILES string of the molecule is CC(Sc1nc2ccccc2c(=O)n1C)C(=O)c1cccc(Cl)c1. The first-order chi connectivity index (χ1) is 11.5. The number of carbonyl (C=O) groups is 1. The summed E-state index contributed by atoms with van der Waals surface area (Å²) in [5, 5.41) is 1.22. The fourth-order valence-corrected chi connectivity index (χ4v) is 3.53. The van der Waals surface area contributed by atoms with Crippen LogP contribution in [-0.4, -0.2) is 20.6 Å². The van der Waals surface area contributed by atoms with E-state index >= 15 is 0 Å². The van der Waals surface area contributed by atoms with Crippen molar-refractivity contribution < 1.29 is 4.79 Å². The number of benzene rings is 2. The van der Waals surface area contributed by atoms with Crippen LogP contribution in [0.15, 0.2) is 58.5 Å². The third-order valence-corrected chi connectivity index (χ3v) is 5.08. The molecule has 1 aromatic heterocycles. The molecule has 0 aliphatic carbocycles. The van der Waals surface area contributed by atoms with Crippen molar-refractivity contribution in [3.05, 3.63) is 69.5 Å². The maximum atomic E-state index is 12.6. The number of para-hydroxylation sites is 1. The summed E-state index contributed by atoms with van der Waals surface area (Å²) < 4.78 is 1.48. The lowest BCUT2D eigenvalue weighted by atomic mass is 10.1. The van der Waals surface area contributed by atoms with Gasteiger partial charge in [0.2, 0.25) is 0 Å². The van der Waals surface area contributed by atoms with E-state index in [4.69, 9.17) is 11.6 Å². The highest BCUT2D eigenvalue weighted by Gasteiger charge is 2.19. The van der Waals surface area contributed by atoms with Crippen LogP contribution in [-0.2, 0) is 7.05 Å². The number of hydrogen-bond donors (Lipinski definition) is 0. The van der Waals surface area contributed by atoms with E-state index in [9.17, 15) is 9.59 Å². The molecule has 0 saturated heterocycles. The summed E-state index contributed by atoms with van der Waals surface area (Å²) in [7, 11) is 1.67. The van der Waals surface area contributed by atoms with E-state index in [0.29, 0.717) is 26.6 Å². The maximum absolute atomic E-state index is 12.6. The van der Waals surface area contributed by atoms with Crippen LogP contribution in [0.2, 0.25) is 5.02 Å². The second kappa shape index (κ2) is 6.79. The van der Waals surface area contributed by atoms with Gasteiger partial charge < -0.3 is 0 Å². The first-order valence-corrected chi connectivity index (χ1v) is 8.65. The van der Waals surface area contributed by atoms with E-state index in [1.54, 1.807) is 50.4 Å². The maximum Gasteiger partial charge on any atom is 0.261 e. The van der Waals surface area contributed by atoms with E-state index in [2.05, 4.69) is 4.98 Å². The molecule has 122 valence electrons. The van der Waals surface area contributed by atoms with E-state index in [0.717, 1.165) is 0 Å². The molecule has 0 aliphatic rings. The summed E-state index contributed by atoms with van der Waals surface area (Å²) in [6.45, 7) is 1.80. The van der Waals surface area contributed by atoms with Crippen molar-refractivity contribution in [3.8, 4) is 0 Å². The van der Waals surface area contributed by atoms with Gasteiger partial charge in [-0.05, 0) is 31.2 Å². The Balaban J connectivity index is 1.93. The molecular weight excluding hydrogens is 344 g/mol. The molecule has 0 bridgehead atoms. The number of aromatic nitrogens is 2. The molecule has 0 amide bonds. The van der Waals surface area contributed by atoms with Crippen LogP contribution in [0.5, 0.6) is 0 Å². The quantitative estimate of drug-likeness (QED) is 0.402. The predicted molar refractivity (Wildman–Crippen MR) is 98.1 cm³/mol. The normalized spacial score (nSPS) is 12.3. The monoisotopic (exact) mass is 358 g/mol. The van der Waals surface area contributed by atoms with Gasteiger partial charge in [-0.1, -0.05) is 47.6 Å². The van der Waals surface area contributed by atoms with Crippen LogP contribution < -0.4 is 5.56 Å². The molecular formula is C18H15ClN2O2S. The molecule has 0 spiro atoms. The fraction of sp³-hybridized carbons (Fsp3) is 0.167.